The Bertz CT molecular complexity index is 1120. The zero-order chi connectivity index (χ0) is 22.5. The van der Waals surface area contributed by atoms with Crippen LogP contribution in [0.3, 0.4) is 0 Å². The van der Waals surface area contributed by atoms with Gasteiger partial charge in [0.2, 0.25) is 0 Å². The van der Waals surface area contributed by atoms with E-state index in [9.17, 15) is 14.4 Å². The fourth-order valence-electron chi connectivity index (χ4n) is 2.78. The van der Waals surface area contributed by atoms with Crippen molar-refractivity contribution in [3.8, 4) is 11.3 Å². The number of rotatable bonds is 7. The van der Waals surface area contributed by atoms with Crippen molar-refractivity contribution in [3.63, 3.8) is 0 Å². The molecule has 0 radical (unpaired) electrons. The molecular formula is C21H20ClN3O5S. The van der Waals surface area contributed by atoms with Crippen LogP contribution in [0.4, 0.5) is 5.00 Å². The summed E-state index contributed by atoms with van der Waals surface area (Å²) in [5.74, 6) is -1.73. The smallest absolute Gasteiger partial charge is 0.348 e. The van der Waals surface area contributed by atoms with Gasteiger partial charge in [-0.3, -0.25) is 9.89 Å². The number of nitrogens with one attached hydrogen (secondary N) is 2. The van der Waals surface area contributed by atoms with Gasteiger partial charge in [0.1, 0.15) is 15.6 Å². The number of halogens is 1. The maximum Gasteiger partial charge on any atom is 0.348 e. The van der Waals surface area contributed by atoms with Gasteiger partial charge in [0.15, 0.2) is 0 Å². The summed E-state index contributed by atoms with van der Waals surface area (Å²) in [4.78, 5) is 37.6. The molecule has 0 aliphatic carbocycles. The van der Waals surface area contributed by atoms with Gasteiger partial charge in [-0.25, -0.2) is 9.59 Å². The van der Waals surface area contributed by atoms with Crippen LogP contribution >= 0.6 is 22.9 Å². The van der Waals surface area contributed by atoms with E-state index in [1.807, 2.05) is 6.92 Å². The maximum absolute atomic E-state index is 12.8. The quantitative estimate of drug-likeness (QED) is 0.493. The van der Waals surface area contributed by atoms with Crippen LogP contribution in [0.15, 0.2) is 30.3 Å². The Kier molecular flexibility index (Phi) is 7.09. The number of H-pyrrole nitrogens is 1. The van der Waals surface area contributed by atoms with E-state index < -0.39 is 17.8 Å². The third-order valence-electron chi connectivity index (χ3n) is 4.35. The fourth-order valence-corrected chi connectivity index (χ4v) is 4.01. The lowest BCUT2D eigenvalue weighted by Gasteiger charge is -2.07. The number of hydrogen-bond acceptors (Lipinski definition) is 7. The Hall–Kier alpha value is -3.17. The third kappa shape index (κ3) is 4.95. The number of thiophene rings is 1. The first-order valence-corrected chi connectivity index (χ1v) is 10.6. The summed E-state index contributed by atoms with van der Waals surface area (Å²) in [6.45, 7) is 3.70. The zero-order valence-electron chi connectivity index (χ0n) is 17.1. The normalized spacial score (nSPS) is 10.6. The fraction of sp³-hybridized carbons (Fsp3) is 0.238. The number of methoxy groups -OCH3 is 1. The minimum atomic E-state index is -0.618. The van der Waals surface area contributed by atoms with Crippen LogP contribution in [0, 0.1) is 6.92 Å². The van der Waals surface area contributed by atoms with Gasteiger partial charge in [0.25, 0.3) is 5.91 Å². The van der Waals surface area contributed by atoms with Gasteiger partial charge in [-0.1, -0.05) is 30.7 Å². The van der Waals surface area contributed by atoms with Gasteiger partial charge in [0.05, 0.1) is 25.0 Å². The number of aromatic nitrogens is 2. The topological polar surface area (TPSA) is 110 Å². The first-order valence-electron chi connectivity index (χ1n) is 9.37. The van der Waals surface area contributed by atoms with Gasteiger partial charge in [0, 0.05) is 10.6 Å². The van der Waals surface area contributed by atoms with Gasteiger partial charge >= 0.3 is 11.9 Å². The summed E-state index contributed by atoms with van der Waals surface area (Å²) >= 11 is 6.85. The molecule has 2 heterocycles. The third-order valence-corrected chi connectivity index (χ3v) is 5.79. The minimum Gasteiger partial charge on any atom is -0.465 e. The molecule has 1 amide bonds. The second-order valence-electron chi connectivity index (χ2n) is 6.52. The lowest BCUT2D eigenvalue weighted by Crippen LogP contribution is -2.15. The van der Waals surface area contributed by atoms with Crippen molar-refractivity contribution in [2.45, 2.75) is 20.3 Å². The first-order chi connectivity index (χ1) is 14.8. The minimum absolute atomic E-state index is 0.129. The molecule has 3 rings (SSSR count). The van der Waals surface area contributed by atoms with Crippen LogP contribution in [0.5, 0.6) is 0 Å². The molecule has 0 unspecified atom stereocenters. The molecule has 2 aromatic heterocycles. The molecule has 0 atom stereocenters. The highest BCUT2D eigenvalue weighted by atomic mass is 35.5. The van der Waals surface area contributed by atoms with Crippen molar-refractivity contribution >= 4 is 45.8 Å². The number of anilines is 1. The Morgan fingerprint density at radius 2 is 1.90 bits per heavy atom. The summed E-state index contributed by atoms with van der Waals surface area (Å²) in [7, 11) is 1.25. The number of amides is 1. The number of ether oxygens (including phenoxy) is 2. The molecule has 2 N–H and O–H groups in total. The van der Waals surface area contributed by atoms with E-state index in [1.165, 1.54) is 7.11 Å². The van der Waals surface area contributed by atoms with Crippen LogP contribution in [0.2, 0.25) is 5.02 Å². The van der Waals surface area contributed by atoms with Gasteiger partial charge in [-0.2, -0.15) is 5.10 Å². The van der Waals surface area contributed by atoms with E-state index in [-0.39, 0.29) is 27.7 Å². The highest BCUT2D eigenvalue weighted by Gasteiger charge is 2.27. The molecule has 31 heavy (non-hydrogen) atoms. The Morgan fingerprint density at radius 3 is 2.55 bits per heavy atom. The molecule has 0 aliphatic rings. The Labute approximate surface area is 187 Å². The largest absolute Gasteiger partial charge is 0.465 e. The second kappa shape index (κ2) is 9.76. The predicted molar refractivity (Wildman–Crippen MR) is 118 cm³/mol. The number of hydrogen-bond donors (Lipinski definition) is 2. The number of aromatic amines is 1. The molecule has 162 valence electrons. The zero-order valence-corrected chi connectivity index (χ0v) is 18.6. The highest BCUT2D eigenvalue weighted by Crippen LogP contribution is 2.34. The highest BCUT2D eigenvalue weighted by molar-refractivity contribution is 7.18. The number of carbonyl (C=O) groups excluding carboxylic acids is 3. The van der Waals surface area contributed by atoms with Crippen molar-refractivity contribution in [3.05, 3.63) is 57.1 Å². The summed E-state index contributed by atoms with van der Waals surface area (Å²) in [6, 6.07) is 8.60. The van der Waals surface area contributed by atoms with Gasteiger partial charge in [-0.15, -0.1) is 11.3 Å². The molecule has 0 aliphatic heterocycles. The molecule has 1 aromatic carbocycles. The van der Waals surface area contributed by atoms with Crippen LogP contribution in [-0.4, -0.2) is 41.8 Å². The average molecular weight is 462 g/mol. The standard InChI is InChI=1S/C21H20ClN3O5S/c1-4-9-30-20(27)16-11(2)17(21(28)29-3)31-19(16)23-18(26)15-10-14(24-25-15)12-5-7-13(22)8-6-12/h5-8,10H,4,9H2,1-3H3,(H,23,26)(H,24,25). The van der Waals surface area contributed by atoms with Crippen molar-refractivity contribution < 1.29 is 23.9 Å². The van der Waals surface area contributed by atoms with Crippen molar-refractivity contribution in [1.82, 2.24) is 10.2 Å². The lowest BCUT2D eigenvalue weighted by molar-refractivity contribution is 0.0506. The number of nitrogens with zero attached hydrogens (tertiary/aromatic N) is 1. The molecule has 0 spiro atoms. The molecule has 0 saturated heterocycles. The van der Waals surface area contributed by atoms with E-state index in [4.69, 9.17) is 21.1 Å². The monoisotopic (exact) mass is 461 g/mol. The Morgan fingerprint density at radius 1 is 1.19 bits per heavy atom. The summed E-state index contributed by atoms with van der Waals surface area (Å²) < 4.78 is 10.00. The van der Waals surface area contributed by atoms with Gasteiger partial charge in [-0.05, 0) is 37.1 Å². The van der Waals surface area contributed by atoms with Crippen molar-refractivity contribution in [2.75, 3.05) is 19.0 Å². The predicted octanol–water partition coefficient (Wildman–Crippen LogP) is 4.71. The molecule has 3 aromatic rings. The SMILES string of the molecule is CCCOC(=O)c1c(NC(=O)c2cc(-c3ccc(Cl)cc3)n[nH]2)sc(C(=O)OC)c1C. The molecule has 8 nitrogen and oxygen atoms in total. The molecular weight excluding hydrogens is 442 g/mol. The molecule has 0 saturated carbocycles. The van der Waals surface area contributed by atoms with Crippen molar-refractivity contribution in [2.24, 2.45) is 0 Å². The van der Waals surface area contributed by atoms with Gasteiger partial charge < -0.3 is 14.8 Å². The molecule has 0 bridgehead atoms. The van der Waals surface area contributed by atoms with Crippen LogP contribution in [-0.2, 0) is 9.47 Å². The first kappa shape index (κ1) is 22.5. The maximum atomic E-state index is 12.8. The Balaban J connectivity index is 1.89. The summed E-state index contributed by atoms with van der Waals surface area (Å²) in [5.41, 5.74) is 2.04. The van der Waals surface area contributed by atoms with E-state index >= 15 is 0 Å². The van der Waals surface area contributed by atoms with Crippen LogP contribution in [0.1, 0.15) is 49.4 Å². The molecule has 0 fully saturated rings. The van der Waals surface area contributed by atoms with Crippen LogP contribution in [0.25, 0.3) is 11.3 Å². The second-order valence-corrected chi connectivity index (χ2v) is 7.97. The molecule has 10 heteroatoms. The summed E-state index contributed by atoms with van der Waals surface area (Å²) in [6.07, 6.45) is 0.641. The van der Waals surface area contributed by atoms with E-state index in [0.717, 1.165) is 16.9 Å². The lowest BCUT2D eigenvalue weighted by atomic mass is 10.1. The van der Waals surface area contributed by atoms with Crippen LogP contribution < -0.4 is 5.32 Å². The number of carbonyl (C=O) groups is 3. The van der Waals surface area contributed by atoms with E-state index in [2.05, 4.69) is 15.5 Å². The average Bonchev–Trinajstić information content (AvgIpc) is 3.37. The van der Waals surface area contributed by atoms with E-state index in [0.29, 0.717) is 22.7 Å². The van der Waals surface area contributed by atoms with E-state index in [1.54, 1.807) is 37.3 Å². The summed E-state index contributed by atoms with van der Waals surface area (Å²) in [5, 5.41) is 10.3. The van der Waals surface area contributed by atoms with Crippen molar-refractivity contribution in [1.29, 1.82) is 0 Å². The number of esters is 2. The number of benzene rings is 1.